The zero-order valence-electron chi connectivity index (χ0n) is 12.0. The van der Waals surface area contributed by atoms with Crippen molar-refractivity contribution in [3.05, 3.63) is 39.0 Å². The maximum absolute atomic E-state index is 5.86. The van der Waals surface area contributed by atoms with Gasteiger partial charge in [-0.3, -0.25) is 0 Å². The summed E-state index contributed by atoms with van der Waals surface area (Å²) in [6.07, 6.45) is 6.42. The van der Waals surface area contributed by atoms with Crippen LogP contribution in [0.1, 0.15) is 39.5 Å². The summed E-state index contributed by atoms with van der Waals surface area (Å²) in [5.41, 5.74) is 9.18. The Bertz CT molecular complexity index is 678. The summed E-state index contributed by atoms with van der Waals surface area (Å²) >= 11 is 6.86. The van der Waals surface area contributed by atoms with Gasteiger partial charge in [0.25, 0.3) is 0 Å². The highest BCUT2D eigenvalue weighted by atomic mass is 32.1. The molecule has 21 heavy (non-hydrogen) atoms. The van der Waals surface area contributed by atoms with E-state index in [4.69, 9.17) is 22.9 Å². The van der Waals surface area contributed by atoms with E-state index in [1.807, 2.05) is 6.20 Å². The first-order chi connectivity index (χ1) is 10.1. The molecule has 3 rings (SSSR count). The maximum atomic E-state index is 5.86. The molecular formula is C15H18N4S2. The highest BCUT2D eigenvalue weighted by molar-refractivity contribution is 7.80. The molecule has 0 radical (unpaired) electrons. The van der Waals surface area contributed by atoms with Gasteiger partial charge >= 0.3 is 0 Å². The Morgan fingerprint density at radius 1 is 1.43 bits per heavy atom. The Labute approximate surface area is 133 Å². The van der Waals surface area contributed by atoms with Crippen molar-refractivity contribution in [2.45, 2.75) is 39.2 Å². The number of thiocarbonyl (C=S) groups is 1. The fourth-order valence-electron chi connectivity index (χ4n) is 2.60. The summed E-state index contributed by atoms with van der Waals surface area (Å²) in [7, 11) is 0. The van der Waals surface area contributed by atoms with Gasteiger partial charge in [0.1, 0.15) is 15.8 Å². The van der Waals surface area contributed by atoms with Crippen molar-refractivity contribution < 1.29 is 0 Å². The van der Waals surface area contributed by atoms with Crippen LogP contribution in [0.3, 0.4) is 0 Å². The van der Waals surface area contributed by atoms with Crippen molar-refractivity contribution in [1.29, 1.82) is 0 Å². The van der Waals surface area contributed by atoms with E-state index in [0.717, 1.165) is 29.2 Å². The number of nitrogens with one attached hydrogen (secondary N) is 1. The fourth-order valence-corrected chi connectivity index (χ4v) is 3.48. The molecule has 0 saturated heterocycles. The molecule has 0 saturated carbocycles. The number of hydrogen-bond acceptors (Lipinski definition) is 5. The van der Waals surface area contributed by atoms with Crippen molar-refractivity contribution in [2.24, 2.45) is 5.73 Å². The van der Waals surface area contributed by atoms with Crippen molar-refractivity contribution in [3.8, 4) is 0 Å². The molecule has 4 nitrogen and oxygen atoms in total. The minimum Gasteiger partial charge on any atom is -0.389 e. The monoisotopic (exact) mass is 318 g/mol. The van der Waals surface area contributed by atoms with Gasteiger partial charge in [-0.2, -0.15) is 0 Å². The molecule has 2 aromatic heterocycles. The highest BCUT2D eigenvalue weighted by Crippen LogP contribution is 2.25. The Balaban J connectivity index is 1.87. The lowest BCUT2D eigenvalue weighted by atomic mass is 9.94. The summed E-state index contributed by atoms with van der Waals surface area (Å²) in [6.45, 7) is 2.71. The first-order valence-electron chi connectivity index (χ1n) is 7.11. The number of hydrogen-bond donors (Lipinski definition) is 2. The smallest absolute Gasteiger partial charge is 0.136 e. The molecule has 0 spiro atoms. The zero-order chi connectivity index (χ0) is 14.8. The van der Waals surface area contributed by atoms with Crippen LogP contribution in [0.5, 0.6) is 0 Å². The van der Waals surface area contributed by atoms with Gasteiger partial charge in [-0.25, -0.2) is 9.97 Å². The Morgan fingerprint density at radius 2 is 2.24 bits per heavy atom. The molecule has 110 valence electrons. The van der Waals surface area contributed by atoms with Crippen molar-refractivity contribution in [1.82, 2.24) is 9.97 Å². The second-order valence-corrected chi connectivity index (χ2v) is 7.04. The normalized spacial score (nSPS) is 13.8. The van der Waals surface area contributed by atoms with Gasteiger partial charge in [-0.1, -0.05) is 12.2 Å². The number of fused-ring (bicyclic) bond motifs is 1. The van der Waals surface area contributed by atoms with Crippen LogP contribution in [-0.2, 0) is 19.4 Å². The molecule has 1 aliphatic rings. The SMILES string of the molecule is Cc1cnc(CNc2nc3c(cc2C(N)=S)CCCC3)s1. The molecule has 0 unspecified atom stereocenters. The molecule has 0 aromatic carbocycles. The Morgan fingerprint density at radius 3 is 2.95 bits per heavy atom. The molecule has 3 N–H and O–H groups in total. The van der Waals surface area contributed by atoms with Crippen molar-refractivity contribution >= 4 is 34.4 Å². The quantitative estimate of drug-likeness (QED) is 0.849. The topological polar surface area (TPSA) is 63.8 Å². The molecular weight excluding hydrogens is 300 g/mol. The molecule has 0 fully saturated rings. The second kappa shape index (κ2) is 6.07. The average Bonchev–Trinajstić information content (AvgIpc) is 2.89. The predicted octanol–water partition coefficient (Wildman–Crippen LogP) is 2.97. The first-order valence-corrected chi connectivity index (χ1v) is 8.34. The van der Waals surface area contributed by atoms with Crippen LogP contribution in [0.2, 0.25) is 0 Å². The number of nitrogens with zero attached hydrogens (tertiary/aromatic N) is 2. The molecule has 2 aromatic rings. The van der Waals surface area contributed by atoms with E-state index in [9.17, 15) is 0 Å². The second-order valence-electron chi connectivity index (χ2n) is 5.28. The van der Waals surface area contributed by atoms with Gasteiger partial charge in [-0.05, 0) is 44.2 Å². The van der Waals surface area contributed by atoms with E-state index in [1.165, 1.54) is 29.0 Å². The van der Waals surface area contributed by atoms with Crippen LogP contribution in [0.25, 0.3) is 0 Å². The van der Waals surface area contributed by atoms with E-state index >= 15 is 0 Å². The van der Waals surface area contributed by atoms with E-state index in [2.05, 4.69) is 23.3 Å². The van der Waals surface area contributed by atoms with Gasteiger partial charge in [0, 0.05) is 16.8 Å². The van der Waals surface area contributed by atoms with Crippen LogP contribution in [0, 0.1) is 6.92 Å². The van der Waals surface area contributed by atoms with Crippen LogP contribution in [-0.4, -0.2) is 15.0 Å². The lowest BCUT2D eigenvalue weighted by Crippen LogP contribution is -2.18. The Kier molecular flexibility index (Phi) is 4.17. The van der Waals surface area contributed by atoms with Gasteiger partial charge < -0.3 is 11.1 Å². The fraction of sp³-hybridized carbons (Fsp3) is 0.400. The summed E-state index contributed by atoms with van der Waals surface area (Å²) < 4.78 is 0. The van der Waals surface area contributed by atoms with Gasteiger partial charge in [-0.15, -0.1) is 11.3 Å². The molecule has 6 heteroatoms. The molecule has 0 amide bonds. The largest absolute Gasteiger partial charge is 0.389 e. The lowest BCUT2D eigenvalue weighted by molar-refractivity contribution is 0.668. The van der Waals surface area contributed by atoms with Crippen molar-refractivity contribution in [2.75, 3.05) is 5.32 Å². The summed E-state index contributed by atoms with van der Waals surface area (Å²) in [5, 5.41) is 4.39. The van der Waals surface area contributed by atoms with E-state index in [0.29, 0.717) is 11.5 Å². The standard InChI is InChI=1S/C15H18N4S2/c1-9-7-17-13(21-9)8-18-15-11(14(16)20)6-10-4-2-3-5-12(10)19-15/h6-7H,2-5,8H2,1H3,(H2,16,20)(H,18,19). The number of anilines is 1. The molecule has 1 aliphatic carbocycles. The molecule has 0 aliphatic heterocycles. The number of nitrogens with two attached hydrogens (primary N) is 1. The number of thiazole rings is 1. The van der Waals surface area contributed by atoms with Crippen LogP contribution in [0.4, 0.5) is 5.82 Å². The van der Waals surface area contributed by atoms with Gasteiger partial charge in [0.15, 0.2) is 0 Å². The number of aromatic nitrogens is 2. The van der Waals surface area contributed by atoms with Gasteiger partial charge in [0.05, 0.1) is 12.1 Å². The first kappa shape index (κ1) is 14.4. The third-order valence-corrected chi connectivity index (χ3v) is 4.78. The molecule has 0 bridgehead atoms. The van der Waals surface area contributed by atoms with Crippen LogP contribution in [0.15, 0.2) is 12.3 Å². The number of rotatable bonds is 4. The van der Waals surface area contributed by atoms with E-state index in [-0.39, 0.29) is 0 Å². The zero-order valence-corrected chi connectivity index (χ0v) is 13.6. The van der Waals surface area contributed by atoms with Crippen LogP contribution < -0.4 is 11.1 Å². The van der Waals surface area contributed by atoms with Gasteiger partial charge in [0.2, 0.25) is 0 Å². The maximum Gasteiger partial charge on any atom is 0.136 e. The highest BCUT2D eigenvalue weighted by Gasteiger charge is 2.16. The summed E-state index contributed by atoms with van der Waals surface area (Å²) in [4.78, 5) is 10.7. The molecule has 0 atom stereocenters. The third kappa shape index (κ3) is 3.22. The summed E-state index contributed by atoms with van der Waals surface area (Å²) in [6, 6.07) is 2.11. The number of aryl methyl sites for hydroxylation is 3. The molecule has 2 heterocycles. The number of pyridine rings is 1. The van der Waals surface area contributed by atoms with E-state index in [1.54, 1.807) is 11.3 Å². The summed E-state index contributed by atoms with van der Waals surface area (Å²) in [5.74, 6) is 0.788. The van der Waals surface area contributed by atoms with Crippen LogP contribution >= 0.6 is 23.6 Å². The lowest BCUT2D eigenvalue weighted by Gasteiger charge is -2.18. The van der Waals surface area contributed by atoms with E-state index < -0.39 is 0 Å². The Hall–Kier alpha value is -1.53. The minimum atomic E-state index is 0.397. The van der Waals surface area contributed by atoms with Crippen molar-refractivity contribution in [3.63, 3.8) is 0 Å². The predicted molar refractivity (Wildman–Crippen MR) is 90.9 cm³/mol. The average molecular weight is 318 g/mol. The third-order valence-electron chi connectivity index (χ3n) is 3.64. The minimum absolute atomic E-state index is 0.397.